The fraction of sp³-hybridized carbons (Fsp3) is 0.0714. The van der Waals surface area contributed by atoms with Crippen molar-refractivity contribution in [2.45, 2.75) is 0 Å². The Morgan fingerprint density at radius 3 is 2.95 bits per heavy atom. The zero-order chi connectivity index (χ0) is 14.8. The second-order valence-electron chi connectivity index (χ2n) is 4.24. The van der Waals surface area contributed by atoms with E-state index in [-0.39, 0.29) is 20.5 Å². The van der Waals surface area contributed by atoms with Crippen molar-refractivity contribution in [1.82, 2.24) is 0 Å². The van der Waals surface area contributed by atoms with Crippen LogP contribution in [0.3, 0.4) is 0 Å². The van der Waals surface area contributed by atoms with Crippen LogP contribution in [0.15, 0.2) is 48.8 Å². The van der Waals surface area contributed by atoms with E-state index < -0.39 is 0 Å². The van der Waals surface area contributed by atoms with Crippen LogP contribution in [0.25, 0.3) is 0 Å². The van der Waals surface area contributed by atoms with E-state index in [1.807, 2.05) is 18.2 Å². The number of ether oxygens (including phenoxy) is 1. The predicted molar refractivity (Wildman–Crippen MR) is 85.0 cm³/mol. The monoisotopic (exact) mass is 411 g/mol. The van der Waals surface area contributed by atoms with Crippen molar-refractivity contribution in [3.05, 3.63) is 46.4 Å². The molecule has 1 aliphatic rings. The third kappa shape index (κ3) is 2.85. The maximum atomic E-state index is 12.4. The first-order valence-electron chi connectivity index (χ1n) is 6.05. The summed E-state index contributed by atoms with van der Waals surface area (Å²) in [5.41, 5.74) is 2.72. The predicted octanol–water partition coefficient (Wildman–Crippen LogP) is 4.06. The number of fused-ring (bicyclic) bond motifs is 1. The molecule has 2 aromatic rings. The van der Waals surface area contributed by atoms with Crippen LogP contribution in [0.5, 0.6) is 5.75 Å². The number of hydrogen-bond acceptors (Lipinski definition) is 4. The van der Waals surface area contributed by atoms with Gasteiger partial charge in [0.1, 0.15) is 0 Å². The average molecular weight is 411 g/mol. The number of hydrogen-bond donors (Lipinski definition) is 1. The van der Waals surface area contributed by atoms with Crippen LogP contribution in [0.1, 0.15) is 10.4 Å². The number of anilines is 1. The molecule has 0 aliphatic carbocycles. The molecule has 106 valence electrons. The summed E-state index contributed by atoms with van der Waals surface area (Å²) >= 11 is 3.23. The van der Waals surface area contributed by atoms with Crippen molar-refractivity contribution in [1.29, 1.82) is 0 Å². The van der Waals surface area contributed by atoms with Crippen molar-refractivity contribution in [3.63, 3.8) is 0 Å². The fourth-order valence-electron chi connectivity index (χ4n) is 1.95. The summed E-state index contributed by atoms with van der Waals surface area (Å²) in [6.45, 7) is 0. The molecular formula is C14H10BrN3O2Se. The van der Waals surface area contributed by atoms with E-state index in [4.69, 9.17) is 4.74 Å². The third-order valence-electron chi connectivity index (χ3n) is 2.94. The van der Waals surface area contributed by atoms with E-state index in [2.05, 4.69) is 29.2 Å². The summed E-state index contributed by atoms with van der Waals surface area (Å²) in [5.74, 6) is 0.280. The maximum absolute atomic E-state index is 12.4. The number of amides is 1. The first-order chi connectivity index (χ1) is 10.2. The van der Waals surface area contributed by atoms with Gasteiger partial charge in [-0.25, -0.2) is 0 Å². The SMILES string of the molecule is COc1cc(Br)ccc1C(=O)Nc1cccc2c1N=[Se]=N2. The normalized spacial score (nSPS) is 11.7. The van der Waals surface area contributed by atoms with Gasteiger partial charge >= 0.3 is 136 Å². The van der Waals surface area contributed by atoms with Gasteiger partial charge in [-0.3, -0.25) is 0 Å². The summed E-state index contributed by atoms with van der Waals surface area (Å²) in [5, 5.41) is 2.87. The molecule has 5 nitrogen and oxygen atoms in total. The van der Waals surface area contributed by atoms with Gasteiger partial charge in [0, 0.05) is 0 Å². The van der Waals surface area contributed by atoms with E-state index in [1.165, 1.54) is 7.11 Å². The van der Waals surface area contributed by atoms with E-state index in [9.17, 15) is 4.79 Å². The van der Waals surface area contributed by atoms with Gasteiger partial charge in [-0.15, -0.1) is 0 Å². The molecule has 1 aliphatic heterocycles. The molecule has 0 fully saturated rings. The summed E-state index contributed by atoms with van der Waals surface area (Å²) in [6, 6.07) is 10.8. The van der Waals surface area contributed by atoms with Gasteiger partial charge in [-0.2, -0.15) is 0 Å². The van der Waals surface area contributed by atoms with Crippen molar-refractivity contribution >= 4 is 53.5 Å². The molecule has 0 saturated heterocycles. The number of rotatable bonds is 3. The van der Waals surface area contributed by atoms with Gasteiger partial charge in [0.2, 0.25) is 0 Å². The second-order valence-corrected chi connectivity index (χ2v) is 6.26. The van der Waals surface area contributed by atoms with Crippen molar-refractivity contribution in [2.24, 2.45) is 7.92 Å². The molecular weight excluding hydrogens is 401 g/mol. The Bertz CT molecular complexity index is 801. The van der Waals surface area contributed by atoms with Crippen LogP contribution in [0, 0.1) is 0 Å². The minimum atomic E-state index is -0.234. The summed E-state index contributed by atoms with van der Waals surface area (Å²) < 4.78 is 14.7. The molecule has 0 atom stereocenters. The first kappa shape index (κ1) is 14.3. The molecule has 1 heterocycles. The van der Waals surface area contributed by atoms with E-state index in [0.717, 1.165) is 15.8 Å². The molecule has 0 radical (unpaired) electrons. The Hall–Kier alpha value is -1.69. The van der Waals surface area contributed by atoms with Gasteiger partial charge in [0.25, 0.3) is 0 Å². The average Bonchev–Trinajstić information content (AvgIpc) is 2.96. The van der Waals surface area contributed by atoms with E-state index >= 15 is 0 Å². The number of nitrogens with one attached hydrogen (secondary N) is 1. The molecule has 0 spiro atoms. The molecule has 0 bridgehead atoms. The van der Waals surface area contributed by atoms with Crippen LogP contribution in [-0.2, 0) is 0 Å². The number of carbonyl (C=O) groups is 1. The van der Waals surface area contributed by atoms with Gasteiger partial charge in [0.05, 0.1) is 0 Å². The Kier molecular flexibility index (Phi) is 4.05. The molecule has 0 aromatic heterocycles. The second kappa shape index (κ2) is 5.97. The molecule has 0 saturated carbocycles. The van der Waals surface area contributed by atoms with Crippen molar-refractivity contribution in [3.8, 4) is 5.75 Å². The Labute approximate surface area is 135 Å². The molecule has 1 N–H and O–H groups in total. The Morgan fingerprint density at radius 2 is 2.14 bits per heavy atom. The molecule has 7 heteroatoms. The third-order valence-corrected chi connectivity index (χ3v) is 4.57. The summed E-state index contributed by atoms with van der Waals surface area (Å²) in [6.07, 6.45) is 0. The zero-order valence-electron chi connectivity index (χ0n) is 11.0. The van der Waals surface area contributed by atoms with Crippen molar-refractivity contribution < 1.29 is 9.53 Å². The number of halogens is 1. The standard InChI is InChI=1S/C14H10BrN3O2Se/c1-20-12-7-8(15)5-6-9(12)14(19)16-10-3-2-4-11-13(10)18-21-17-11/h2-7H,1H3,(H,16,19). The number of nitrogens with zero attached hydrogens (tertiary/aromatic N) is 2. The van der Waals surface area contributed by atoms with Gasteiger partial charge in [-0.05, 0) is 0 Å². The first-order valence-corrected chi connectivity index (χ1v) is 8.38. The topological polar surface area (TPSA) is 63.0 Å². The van der Waals surface area contributed by atoms with Crippen LogP contribution < -0.4 is 10.1 Å². The Morgan fingerprint density at radius 1 is 1.29 bits per heavy atom. The molecule has 1 amide bonds. The number of carbonyl (C=O) groups excluding carboxylic acids is 1. The summed E-state index contributed by atoms with van der Waals surface area (Å²) in [4.78, 5) is 12.4. The number of benzene rings is 2. The van der Waals surface area contributed by atoms with Gasteiger partial charge in [0.15, 0.2) is 0 Å². The summed E-state index contributed by atoms with van der Waals surface area (Å²) in [7, 11) is 1.54. The fourth-order valence-corrected chi connectivity index (χ4v) is 3.44. The van der Waals surface area contributed by atoms with Gasteiger partial charge in [-0.1, -0.05) is 0 Å². The van der Waals surface area contributed by atoms with Crippen LogP contribution in [0.2, 0.25) is 0 Å². The van der Waals surface area contributed by atoms with Crippen molar-refractivity contribution in [2.75, 3.05) is 12.4 Å². The number of methoxy groups -OCH3 is 1. The molecule has 21 heavy (non-hydrogen) atoms. The van der Waals surface area contributed by atoms with Gasteiger partial charge < -0.3 is 0 Å². The van der Waals surface area contributed by atoms with E-state index in [0.29, 0.717) is 17.0 Å². The van der Waals surface area contributed by atoms with E-state index in [1.54, 1.807) is 18.2 Å². The molecule has 3 rings (SSSR count). The van der Waals surface area contributed by atoms with Crippen LogP contribution >= 0.6 is 15.9 Å². The van der Waals surface area contributed by atoms with Crippen LogP contribution in [0.4, 0.5) is 17.1 Å². The Balaban J connectivity index is 1.91. The zero-order valence-corrected chi connectivity index (χ0v) is 14.3. The molecule has 0 unspecified atom stereocenters. The van der Waals surface area contributed by atoms with Crippen LogP contribution in [-0.4, -0.2) is 27.6 Å². The minimum absolute atomic E-state index is 0.127. The molecule has 2 aromatic carbocycles. The quantitative estimate of drug-likeness (QED) is 0.661.